The van der Waals surface area contributed by atoms with Crippen LogP contribution in [0.4, 0.5) is 79.0 Å². The molecule has 0 rings (SSSR count). The number of nitrogens with zero attached hydrogens (tertiary/aromatic N) is 1. The Balaban J connectivity index is 0. The first-order valence-corrected chi connectivity index (χ1v) is 9.22. The fourth-order valence-electron chi connectivity index (χ4n) is 1.27. The average Bonchev–Trinajstić information content (AvgIpc) is 2.50. The van der Waals surface area contributed by atoms with Gasteiger partial charge in [0.2, 0.25) is 0 Å². The summed E-state index contributed by atoms with van der Waals surface area (Å²) in [6, 6.07) is 0. The maximum Gasteiger partial charge on any atom is 1.00 e. The summed E-state index contributed by atoms with van der Waals surface area (Å²) in [4.78, 5) is 0. The number of hydrogen-bond acceptors (Lipinski definition) is 4. The standard InChI is InChI=1S/C8F18NO4S2.Na/c9-1(10,5(17,18)19)3(13,14)7(23,24)32(28,29)27-33(30,31)8(25,26)4(15,16)2(11,12)6(20,21)22;/q;+1. The summed E-state index contributed by atoms with van der Waals surface area (Å²) in [5.41, 5.74) is 0. The van der Waals surface area contributed by atoms with Gasteiger partial charge in [-0.05, 0) is 0 Å². The topological polar surface area (TPSA) is 82.4 Å². The number of alkyl halides is 18. The van der Waals surface area contributed by atoms with Gasteiger partial charge in [0.05, 0.1) is 0 Å². The Bertz CT molecular complexity index is 887. The number of sulfonamides is 2. The monoisotopic (exact) mass is 603 g/mol. The molecular weight excluding hydrogens is 603 g/mol. The minimum Gasteiger partial charge on any atom is -0.203 e. The van der Waals surface area contributed by atoms with Crippen molar-refractivity contribution in [2.45, 2.75) is 46.6 Å². The van der Waals surface area contributed by atoms with Gasteiger partial charge >= 0.3 is 96.2 Å². The summed E-state index contributed by atoms with van der Waals surface area (Å²) < 4.78 is 269. The molecule has 0 fully saturated rings. The van der Waals surface area contributed by atoms with Crippen molar-refractivity contribution in [3.63, 3.8) is 0 Å². The van der Waals surface area contributed by atoms with Gasteiger partial charge in [0.25, 0.3) is 0 Å². The van der Waals surface area contributed by atoms with E-state index in [9.17, 15) is 95.9 Å². The summed E-state index contributed by atoms with van der Waals surface area (Å²) in [6.45, 7) is 0. The van der Waals surface area contributed by atoms with E-state index in [2.05, 4.69) is 0 Å². The smallest absolute Gasteiger partial charge is 0.203 e. The van der Waals surface area contributed by atoms with E-state index in [0.717, 1.165) is 0 Å². The predicted molar refractivity (Wildman–Crippen MR) is 61.8 cm³/mol. The van der Waals surface area contributed by atoms with Crippen LogP contribution in [0.25, 0.3) is 0 Å². The van der Waals surface area contributed by atoms with Crippen LogP contribution in [0, 0.1) is 0 Å². The van der Waals surface area contributed by atoms with E-state index in [1.807, 2.05) is 0 Å². The molecular formula is C8F18NNaO4S2+. The van der Waals surface area contributed by atoms with Crippen LogP contribution in [0.3, 0.4) is 0 Å². The van der Waals surface area contributed by atoms with Gasteiger partial charge < -0.3 is 0 Å². The Morgan fingerprint density at radius 2 is 0.559 bits per heavy atom. The Kier molecular flexibility index (Phi) is 9.32. The molecule has 26 heteroatoms. The maximum atomic E-state index is 13.2. The molecule has 199 valence electrons. The molecule has 0 aliphatic rings. The van der Waals surface area contributed by atoms with Crippen LogP contribution in [-0.4, -0.2) is 63.4 Å². The van der Waals surface area contributed by atoms with Crippen molar-refractivity contribution in [1.29, 1.82) is 0 Å². The van der Waals surface area contributed by atoms with E-state index in [0.29, 0.717) is 0 Å². The molecule has 5 nitrogen and oxygen atoms in total. The largest absolute Gasteiger partial charge is 1.00 e. The normalized spacial score (nSPS) is 16.3. The van der Waals surface area contributed by atoms with E-state index in [-0.39, 0.29) is 33.7 Å². The maximum absolute atomic E-state index is 13.2. The fourth-order valence-corrected chi connectivity index (χ4v) is 3.95. The van der Waals surface area contributed by atoms with Gasteiger partial charge in [-0.3, -0.25) is 0 Å². The van der Waals surface area contributed by atoms with Crippen LogP contribution in [0.5, 0.6) is 0 Å². The molecule has 0 aromatic carbocycles. The third kappa shape index (κ3) is 4.91. The molecule has 0 amide bonds. The molecule has 0 saturated heterocycles. The van der Waals surface area contributed by atoms with Crippen molar-refractivity contribution in [3.8, 4) is 0 Å². The fraction of sp³-hybridized carbons (Fsp3) is 1.00. The van der Waals surface area contributed by atoms with Crippen LogP contribution < -0.4 is 33.7 Å². The van der Waals surface area contributed by atoms with Crippen molar-refractivity contribution in [1.82, 2.24) is 4.13 Å². The van der Waals surface area contributed by atoms with Gasteiger partial charge in [0.1, 0.15) is 0 Å². The van der Waals surface area contributed by atoms with Gasteiger partial charge in [-0.25, -0.2) is 16.8 Å². The zero-order valence-electron chi connectivity index (χ0n) is 14.7. The van der Waals surface area contributed by atoms with Gasteiger partial charge in [-0.2, -0.15) is 79.0 Å². The Morgan fingerprint density at radius 1 is 0.382 bits per heavy atom. The van der Waals surface area contributed by atoms with E-state index in [1.165, 1.54) is 0 Å². The second-order valence-electron chi connectivity index (χ2n) is 5.35. The molecule has 0 aliphatic heterocycles. The van der Waals surface area contributed by atoms with E-state index in [4.69, 9.17) is 0 Å². The number of halogens is 18. The Hall–Kier alpha value is -0.400. The Labute approximate surface area is 196 Å². The molecule has 0 aliphatic carbocycles. The van der Waals surface area contributed by atoms with E-state index in [1.54, 1.807) is 0 Å². The second-order valence-corrected chi connectivity index (χ2v) is 8.87. The van der Waals surface area contributed by atoms with Crippen molar-refractivity contribution >= 4 is 20.0 Å². The average molecular weight is 603 g/mol. The summed E-state index contributed by atoms with van der Waals surface area (Å²) in [7, 11) is -17.6. The molecule has 0 atom stereocenters. The molecule has 0 spiro atoms. The van der Waals surface area contributed by atoms with Gasteiger partial charge in [0.15, 0.2) is 0 Å². The molecule has 0 aromatic rings. The van der Waals surface area contributed by atoms with Crippen LogP contribution >= 0.6 is 0 Å². The molecule has 0 unspecified atom stereocenters. The molecule has 0 heterocycles. The van der Waals surface area contributed by atoms with Crippen molar-refractivity contribution in [2.24, 2.45) is 0 Å². The Morgan fingerprint density at radius 3 is 0.706 bits per heavy atom. The zero-order valence-corrected chi connectivity index (χ0v) is 18.3. The quantitative estimate of drug-likeness (QED) is 0.308. The van der Waals surface area contributed by atoms with Crippen LogP contribution in [0.15, 0.2) is 0 Å². The molecule has 1 radical (unpaired) electrons. The molecule has 0 aromatic heterocycles. The van der Waals surface area contributed by atoms with Crippen LogP contribution in [0.2, 0.25) is 0 Å². The van der Waals surface area contributed by atoms with E-state index < -0.39 is 66.6 Å². The minimum absolute atomic E-state index is 0. The molecule has 0 bridgehead atoms. The van der Waals surface area contributed by atoms with Crippen molar-refractivity contribution < 1.29 is 125 Å². The zero-order chi connectivity index (χ0) is 27.7. The second kappa shape index (κ2) is 8.86. The summed E-state index contributed by atoms with van der Waals surface area (Å²) in [5.74, 6) is -33.0. The SMILES string of the molecule is O=S(=O)([N]S(=O)(=O)C(F)(F)C(F)(F)C(F)(F)C(F)(F)F)C(F)(F)C(F)(F)C(F)(F)C(F)(F)F.[Na+]. The third-order valence-corrected chi connectivity index (χ3v) is 6.45. The van der Waals surface area contributed by atoms with Crippen LogP contribution in [-0.2, 0) is 20.0 Å². The molecule has 0 saturated carbocycles. The predicted octanol–water partition coefficient (Wildman–Crippen LogP) is 1.11. The third-order valence-electron chi connectivity index (χ3n) is 3.08. The summed E-state index contributed by atoms with van der Waals surface area (Å²) >= 11 is 0. The van der Waals surface area contributed by atoms with Crippen LogP contribution in [0.1, 0.15) is 0 Å². The molecule has 0 N–H and O–H groups in total. The first-order chi connectivity index (χ1) is 13.7. The minimum atomic E-state index is -8.81. The summed E-state index contributed by atoms with van der Waals surface area (Å²) in [5, 5.41) is -16.4. The van der Waals surface area contributed by atoms with Gasteiger partial charge in [0, 0.05) is 4.13 Å². The molecule has 34 heavy (non-hydrogen) atoms. The summed E-state index contributed by atoms with van der Waals surface area (Å²) in [6.07, 6.45) is -15.6. The first kappa shape index (κ1) is 35.8. The van der Waals surface area contributed by atoms with Crippen molar-refractivity contribution in [3.05, 3.63) is 0 Å². The number of hydrogen-bond donors (Lipinski definition) is 0. The van der Waals surface area contributed by atoms with Gasteiger partial charge in [-0.15, -0.1) is 0 Å². The van der Waals surface area contributed by atoms with Crippen molar-refractivity contribution in [2.75, 3.05) is 0 Å². The van der Waals surface area contributed by atoms with E-state index >= 15 is 0 Å². The number of rotatable bonds is 8. The van der Waals surface area contributed by atoms with Gasteiger partial charge in [-0.1, -0.05) is 0 Å². The first-order valence-electron chi connectivity index (χ1n) is 6.34.